The zero-order valence-corrected chi connectivity index (χ0v) is 11.7. The summed E-state index contributed by atoms with van der Waals surface area (Å²) in [5, 5.41) is 5.57. The van der Waals surface area contributed by atoms with Crippen molar-refractivity contribution in [3.8, 4) is 0 Å². The summed E-state index contributed by atoms with van der Waals surface area (Å²) in [6.45, 7) is 8.16. The van der Waals surface area contributed by atoms with Gasteiger partial charge in [0.05, 0.1) is 6.04 Å². The van der Waals surface area contributed by atoms with Crippen LogP contribution in [-0.2, 0) is 9.59 Å². The molecule has 0 aromatic carbocycles. The van der Waals surface area contributed by atoms with Gasteiger partial charge in [0, 0.05) is 25.6 Å². The van der Waals surface area contributed by atoms with Crippen molar-refractivity contribution in [3.63, 3.8) is 0 Å². The van der Waals surface area contributed by atoms with E-state index in [0.29, 0.717) is 25.6 Å². The van der Waals surface area contributed by atoms with Gasteiger partial charge in [-0.3, -0.25) is 14.5 Å². The molecule has 0 radical (unpaired) electrons. The molecule has 0 aromatic rings. The summed E-state index contributed by atoms with van der Waals surface area (Å²) in [6, 6.07) is 0.380. The van der Waals surface area contributed by atoms with Crippen molar-refractivity contribution in [3.05, 3.63) is 0 Å². The van der Waals surface area contributed by atoms with Crippen molar-refractivity contribution >= 4 is 11.8 Å². The number of hydrogen-bond acceptors (Lipinski definition) is 3. The zero-order valence-electron chi connectivity index (χ0n) is 11.7. The Kier molecular flexibility index (Phi) is 6.12. The number of amides is 2. The molecule has 1 rings (SSSR count). The topological polar surface area (TPSA) is 61.4 Å². The highest BCUT2D eigenvalue weighted by atomic mass is 16.3. The van der Waals surface area contributed by atoms with Crippen molar-refractivity contribution in [1.82, 2.24) is 15.5 Å². The molecule has 5 heteroatoms. The quantitative estimate of drug-likeness (QED) is 0.542. The Labute approximate surface area is 109 Å². The summed E-state index contributed by atoms with van der Waals surface area (Å²) < 4.78 is 0. The molecule has 0 bridgehead atoms. The third-order valence-electron chi connectivity index (χ3n) is 3.29. The molecule has 2 N–H and O–H groups in total. The highest BCUT2D eigenvalue weighted by Crippen LogP contribution is 2.19. The maximum atomic E-state index is 12.0. The van der Waals surface area contributed by atoms with Crippen LogP contribution in [0, 0.1) is 0 Å². The average molecular weight is 263 g/mol. The number of carbonyl (C=O) groups excluding carboxylic acids is 2. The second-order valence-corrected chi connectivity index (χ2v) is 4.98. The van der Waals surface area contributed by atoms with Gasteiger partial charge >= 0.3 is 0 Å². The molecule has 1 heterocycles. The van der Waals surface area contributed by atoms with Crippen molar-refractivity contribution in [2.45, 2.75) is 52.1 Å². The maximum Gasteiger partial charge on any atom is 0.237 e. The molecule has 0 saturated carbocycles. The molecule has 5 nitrogen and oxygen atoms in total. The van der Waals surface area contributed by atoms with Crippen LogP contribution in [0.3, 0.4) is 0 Å². The number of rotatable bonds is 6. The molecule has 1 fully saturated rings. The third kappa shape index (κ3) is 4.29. The van der Waals surface area contributed by atoms with E-state index in [2.05, 4.69) is 29.4 Å². The predicted molar refractivity (Wildman–Crippen MR) is 71.2 cm³/mol. The summed E-state index contributed by atoms with van der Waals surface area (Å²) in [5.41, 5.74) is 0. The fourth-order valence-electron chi connectivity index (χ4n) is 2.39. The first-order valence-corrected chi connectivity index (χ1v) is 6.86. The highest BCUT2D eigenvalue weighted by Gasteiger charge is 2.31. The van der Waals surface area contributed by atoms with Crippen LogP contribution < -0.4 is 10.6 Å². The van der Waals surface area contributed by atoms with Crippen LogP contribution in [0.1, 0.15) is 40.0 Å². The van der Waals surface area contributed by atoms with E-state index in [-0.39, 0.29) is 17.9 Å². The number of nitrogens with one attached hydrogen (secondary N) is 2. The molecule has 0 spiro atoms. The van der Waals surface area contributed by atoms with Gasteiger partial charge in [0.2, 0.25) is 11.8 Å². The van der Waals surface area contributed by atoms with E-state index in [1.165, 1.54) is 0 Å². The molecular weight excluding hydrogens is 238 g/mol. The fraction of sp³-hybridized carbons (Fsp3) is 0.846. The number of carbonyl (C=O) groups is 2. The Morgan fingerprint density at radius 2 is 2.06 bits per heavy atom. The summed E-state index contributed by atoms with van der Waals surface area (Å²) in [6.07, 6.45) is 2.35. The second kappa shape index (κ2) is 7.36. The standard InChI is InChI=1S/C13H25N3O2/c1-4-14-12(17)7-8-15-13(18)11-6-5-9-16(11)10(2)3/h10-11H,4-9H2,1-3H3,(H,14,17)(H,15,18)/i1+1,4+1,7+1,8+1,10+1,12+1,14+1,15+1. The molecule has 0 aliphatic carbocycles. The summed E-state index contributed by atoms with van der Waals surface area (Å²) in [4.78, 5) is 25.5. The van der Waals surface area contributed by atoms with Gasteiger partial charge in [0.25, 0.3) is 0 Å². The molecule has 0 aromatic heterocycles. The summed E-state index contributed by atoms with van der Waals surface area (Å²) in [7, 11) is 0. The van der Waals surface area contributed by atoms with E-state index in [4.69, 9.17) is 0 Å². The Balaban J connectivity index is 2.30. The van der Waals surface area contributed by atoms with E-state index in [1.54, 1.807) is 0 Å². The Hall–Kier alpha value is -1.10. The zero-order chi connectivity index (χ0) is 13.5. The lowest BCUT2D eigenvalue weighted by molar-refractivity contribution is -0.126. The van der Waals surface area contributed by atoms with Crippen molar-refractivity contribution < 1.29 is 9.59 Å². The van der Waals surface area contributed by atoms with Crippen LogP contribution in [0.4, 0.5) is 0 Å². The number of likely N-dealkylation sites (tertiary alicyclic amines) is 1. The lowest BCUT2D eigenvalue weighted by Gasteiger charge is -2.27. The van der Waals surface area contributed by atoms with Crippen LogP contribution >= 0.6 is 0 Å². The van der Waals surface area contributed by atoms with Gasteiger partial charge in [-0.2, -0.15) is 0 Å². The lowest BCUT2D eigenvalue weighted by Crippen LogP contribution is -2.46. The normalized spacial score (nSPS) is 20.1. The van der Waals surface area contributed by atoms with Crippen molar-refractivity contribution in [1.29, 1.82) is 0 Å². The van der Waals surface area contributed by atoms with Crippen LogP contribution in [0.5, 0.6) is 0 Å². The Morgan fingerprint density at radius 3 is 2.67 bits per heavy atom. The second-order valence-electron chi connectivity index (χ2n) is 4.98. The maximum absolute atomic E-state index is 12.0. The molecule has 1 aliphatic heterocycles. The van der Waals surface area contributed by atoms with Crippen LogP contribution in [0.25, 0.3) is 0 Å². The van der Waals surface area contributed by atoms with E-state index in [0.717, 1.165) is 19.4 Å². The largest absolute Gasteiger partial charge is 0.356 e. The first-order chi connectivity index (χ1) is 8.56. The third-order valence-corrected chi connectivity index (χ3v) is 3.29. The van der Waals surface area contributed by atoms with Crippen molar-refractivity contribution in [2.75, 3.05) is 19.6 Å². The number of hydrogen-bond donors (Lipinski definition) is 2. The van der Waals surface area contributed by atoms with Gasteiger partial charge in [-0.1, -0.05) is 0 Å². The van der Waals surface area contributed by atoms with Gasteiger partial charge in [-0.05, 0) is 40.2 Å². The highest BCUT2D eigenvalue weighted by molar-refractivity contribution is 5.83. The average Bonchev–Trinajstić information content (AvgIpc) is 2.78. The van der Waals surface area contributed by atoms with Gasteiger partial charge in [0.15, 0.2) is 0 Å². The molecular formula is C13H25N3O2. The van der Waals surface area contributed by atoms with E-state index in [9.17, 15) is 9.59 Å². The molecule has 1 saturated heterocycles. The molecule has 1 atom stereocenters. The van der Waals surface area contributed by atoms with Crippen molar-refractivity contribution in [2.24, 2.45) is 0 Å². The first-order valence-electron chi connectivity index (χ1n) is 6.86. The Bertz CT molecular complexity index is 292. The molecule has 1 aliphatic rings. The van der Waals surface area contributed by atoms with E-state index in [1.807, 2.05) is 6.92 Å². The fourth-order valence-corrected chi connectivity index (χ4v) is 2.39. The Morgan fingerprint density at radius 1 is 1.33 bits per heavy atom. The number of nitrogens with zero attached hydrogens (tertiary/aromatic N) is 1. The van der Waals surface area contributed by atoms with Gasteiger partial charge in [-0.15, -0.1) is 0 Å². The summed E-state index contributed by atoms with van der Waals surface area (Å²) >= 11 is 0. The lowest BCUT2D eigenvalue weighted by atomic mass is 10.2. The summed E-state index contributed by atoms with van der Waals surface area (Å²) in [5.74, 6) is 0.0513. The van der Waals surface area contributed by atoms with Crippen LogP contribution in [-0.4, -0.2) is 48.4 Å². The van der Waals surface area contributed by atoms with E-state index < -0.39 is 0 Å². The monoisotopic (exact) mass is 263 g/mol. The molecule has 1 unspecified atom stereocenters. The van der Waals surface area contributed by atoms with Crippen LogP contribution in [0.2, 0.25) is 0 Å². The minimum Gasteiger partial charge on any atom is -0.356 e. The first kappa shape index (κ1) is 15.0. The molecule has 18 heavy (non-hydrogen) atoms. The predicted octanol–water partition coefficient (Wildman–Crippen LogP) is 0.502. The van der Waals surface area contributed by atoms with Crippen LogP contribution in [0.15, 0.2) is 0 Å². The SMILES string of the molecule is C[13CH](C)N1CCCC1C(=O)[15NH][13CH2][13CH2][13C](=O)[15NH][13CH2][13CH3]. The molecule has 104 valence electrons. The van der Waals surface area contributed by atoms with Gasteiger partial charge in [-0.25, -0.2) is 0 Å². The minimum absolute atomic E-state index is 0.00932. The van der Waals surface area contributed by atoms with Gasteiger partial charge < -0.3 is 10.6 Å². The van der Waals surface area contributed by atoms with Gasteiger partial charge in [0.1, 0.15) is 0 Å². The molecule has 2 amide bonds. The van der Waals surface area contributed by atoms with E-state index >= 15 is 0 Å². The smallest absolute Gasteiger partial charge is 0.237 e. The minimum atomic E-state index is -0.0146.